The number of methoxy groups -OCH3 is 1. The van der Waals surface area contributed by atoms with Crippen LogP contribution in [0.2, 0.25) is 0 Å². The van der Waals surface area contributed by atoms with Gasteiger partial charge in [0.15, 0.2) is 0 Å². The summed E-state index contributed by atoms with van der Waals surface area (Å²) < 4.78 is 5.32. The van der Waals surface area contributed by atoms with Gasteiger partial charge in [-0.15, -0.1) is 0 Å². The lowest BCUT2D eigenvalue weighted by molar-refractivity contribution is -0.139. The van der Waals surface area contributed by atoms with Crippen LogP contribution in [0.1, 0.15) is 48.4 Å². The minimum atomic E-state index is -0.629. The van der Waals surface area contributed by atoms with E-state index in [1.807, 2.05) is 24.3 Å². The van der Waals surface area contributed by atoms with Crippen LogP contribution in [0.25, 0.3) is 0 Å². The molecule has 7 heteroatoms. The molecular weight excluding hydrogens is 428 g/mol. The number of rotatable bonds is 7. The van der Waals surface area contributed by atoms with E-state index in [1.54, 1.807) is 7.11 Å². The number of fused-ring (bicyclic) bond motifs is 1. The predicted molar refractivity (Wildman–Crippen MR) is 134 cm³/mol. The largest absolute Gasteiger partial charge is 0.496 e. The van der Waals surface area contributed by atoms with Gasteiger partial charge in [-0.3, -0.25) is 14.5 Å². The summed E-state index contributed by atoms with van der Waals surface area (Å²) >= 11 is 0. The van der Waals surface area contributed by atoms with Gasteiger partial charge >= 0.3 is 11.8 Å². The molecule has 2 aromatic rings. The molecule has 2 amide bonds. The van der Waals surface area contributed by atoms with Crippen LogP contribution >= 0.6 is 0 Å². The van der Waals surface area contributed by atoms with Crippen molar-refractivity contribution in [3.63, 3.8) is 0 Å². The SMILES string of the molecule is COc1ccccc1CNC(=O)C(=O)NC[C@@H](c1ccc2c(c1)CCCN2C)N1CCCCC1. The molecule has 0 aromatic heterocycles. The van der Waals surface area contributed by atoms with E-state index in [-0.39, 0.29) is 12.6 Å². The Balaban J connectivity index is 1.41. The highest BCUT2D eigenvalue weighted by Gasteiger charge is 2.26. The third-order valence-electron chi connectivity index (χ3n) is 6.96. The van der Waals surface area contributed by atoms with Crippen molar-refractivity contribution in [2.24, 2.45) is 0 Å². The lowest BCUT2D eigenvalue weighted by atomic mass is 9.95. The second-order valence-electron chi connectivity index (χ2n) is 9.23. The number of hydrogen-bond donors (Lipinski definition) is 2. The van der Waals surface area contributed by atoms with Gasteiger partial charge in [0.1, 0.15) is 5.75 Å². The first-order valence-electron chi connectivity index (χ1n) is 12.3. The molecule has 1 saturated heterocycles. The van der Waals surface area contributed by atoms with Crippen molar-refractivity contribution in [1.82, 2.24) is 15.5 Å². The van der Waals surface area contributed by atoms with Crippen molar-refractivity contribution >= 4 is 17.5 Å². The number of benzene rings is 2. The summed E-state index contributed by atoms with van der Waals surface area (Å²) in [6.45, 7) is 3.76. The lowest BCUT2D eigenvalue weighted by Gasteiger charge is -2.36. The Morgan fingerprint density at radius 3 is 2.53 bits per heavy atom. The highest BCUT2D eigenvalue weighted by molar-refractivity contribution is 6.35. The quantitative estimate of drug-likeness (QED) is 0.616. The Bertz CT molecular complexity index is 1000. The first-order chi connectivity index (χ1) is 16.6. The van der Waals surface area contributed by atoms with Crippen LogP contribution in [0.15, 0.2) is 42.5 Å². The summed E-state index contributed by atoms with van der Waals surface area (Å²) in [6, 6.07) is 14.2. The minimum Gasteiger partial charge on any atom is -0.496 e. The molecule has 2 N–H and O–H groups in total. The molecule has 182 valence electrons. The summed E-state index contributed by atoms with van der Waals surface area (Å²) in [5.41, 5.74) is 4.71. The smallest absolute Gasteiger partial charge is 0.309 e. The van der Waals surface area contributed by atoms with Crippen molar-refractivity contribution < 1.29 is 14.3 Å². The van der Waals surface area contributed by atoms with Gasteiger partial charge in [-0.05, 0) is 62.0 Å². The maximum absolute atomic E-state index is 12.6. The number of hydrogen-bond acceptors (Lipinski definition) is 5. The molecule has 2 aliphatic rings. The molecule has 34 heavy (non-hydrogen) atoms. The summed E-state index contributed by atoms with van der Waals surface area (Å²) in [6.07, 6.45) is 5.81. The van der Waals surface area contributed by atoms with E-state index in [1.165, 1.54) is 23.2 Å². The van der Waals surface area contributed by atoms with Crippen LogP contribution < -0.4 is 20.3 Å². The summed E-state index contributed by atoms with van der Waals surface area (Å²) in [7, 11) is 3.73. The molecular formula is C27H36N4O3. The zero-order valence-electron chi connectivity index (χ0n) is 20.3. The summed E-state index contributed by atoms with van der Waals surface area (Å²) in [5.74, 6) is -0.545. The predicted octanol–water partition coefficient (Wildman–Crippen LogP) is 3.04. The average molecular weight is 465 g/mol. The van der Waals surface area contributed by atoms with Gasteiger partial charge in [0.2, 0.25) is 0 Å². The molecule has 0 saturated carbocycles. The molecule has 2 heterocycles. The van der Waals surface area contributed by atoms with Crippen LogP contribution in [0, 0.1) is 0 Å². The van der Waals surface area contributed by atoms with Crippen molar-refractivity contribution in [3.05, 3.63) is 59.2 Å². The second-order valence-corrected chi connectivity index (χ2v) is 9.23. The number of carbonyl (C=O) groups is 2. The number of nitrogens with zero attached hydrogens (tertiary/aromatic N) is 2. The standard InChI is InChI=1S/C27H36N4O3/c1-30-14-8-10-20-17-21(12-13-23(20)30)24(31-15-6-3-7-16-31)19-29-27(33)26(32)28-18-22-9-4-5-11-25(22)34-2/h4-5,9,11-13,17,24H,3,6-8,10,14-16,18-19H2,1-2H3,(H,28,32)(H,29,33)/t24-/m0/s1. The normalized spacial score (nSPS) is 16.9. The van der Waals surface area contributed by atoms with E-state index in [0.29, 0.717) is 12.3 Å². The first-order valence-corrected chi connectivity index (χ1v) is 12.3. The number of likely N-dealkylation sites (tertiary alicyclic amines) is 1. The number of para-hydroxylation sites is 1. The zero-order valence-corrected chi connectivity index (χ0v) is 20.3. The molecule has 1 atom stereocenters. The third kappa shape index (κ3) is 5.70. The summed E-state index contributed by atoms with van der Waals surface area (Å²) in [4.78, 5) is 29.9. The number of anilines is 1. The van der Waals surface area contributed by atoms with E-state index < -0.39 is 11.8 Å². The number of aryl methyl sites for hydroxylation is 1. The Kier molecular flexibility index (Phi) is 8.06. The van der Waals surface area contributed by atoms with Crippen molar-refractivity contribution in [2.75, 3.05) is 45.2 Å². The fourth-order valence-electron chi connectivity index (χ4n) is 5.07. The Hall–Kier alpha value is -3.06. The number of amides is 2. The molecule has 0 aliphatic carbocycles. The number of carbonyl (C=O) groups excluding carboxylic acids is 2. The van der Waals surface area contributed by atoms with Crippen LogP contribution in [-0.4, -0.2) is 57.1 Å². The summed E-state index contributed by atoms with van der Waals surface area (Å²) in [5, 5.41) is 5.61. The van der Waals surface area contributed by atoms with Crippen LogP contribution in [0.3, 0.4) is 0 Å². The van der Waals surface area contributed by atoms with E-state index in [0.717, 1.165) is 50.9 Å². The topological polar surface area (TPSA) is 73.9 Å². The van der Waals surface area contributed by atoms with Crippen molar-refractivity contribution in [1.29, 1.82) is 0 Å². The Morgan fingerprint density at radius 2 is 1.74 bits per heavy atom. The highest BCUT2D eigenvalue weighted by atomic mass is 16.5. The molecule has 2 aliphatic heterocycles. The Labute approximate surface area is 202 Å². The van der Waals surface area contributed by atoms with Crippen LogP contribution in [0.5, 0.6) is 5.75 Å². The fraction of sp³-hybridized carbons (Fsp3) is 0.481. The van der Waals surface area contributed by atoms with Gasteiger partial charge in [-0.25, -0.2) is 0 Å². The third-order valence-corrected chi connectivity index (χ3v) is 6.96. The van der Waals surface area contributed by atoms with Gasteiger partial charge in [0, 0.05) is 37.9 Å². The average Bonchev–Trinajstić information content (AvgIpc) is 2.88. The van der Waals surface area contributed by atoms with E-state index in [2.05, 4.69) is 45.7 Å². The maximum Gasteiger partial charge on any atom is 0.309 e. The molecule has 0 radical (unpaired) electrons. The molecule has 1 fully saturated rings. The van der Waals surface area contributed by atoms with Crippen LogP contribution in [0.4, 0.5) is 5.69 Å². The van der Waals surface area contributed by atoms with E-state index in [9.17, 15) is 9.59 Å². The zero-order chi connectivity index (χ0) is 23.9. The van der Waals surface area contributed by atoms with Gasteiger partial charge in [0.05, 0.1) is 13.2 Å². The lowest BCUT2D eigenvalue weighted by Crippen LogP contribution is -2.45. The Morgan fingerprint density at radius 1 is 0.971 bits per heavy atom. The molecule has 0 bridgehead atoms. The molecule has 0 spiro atoms. The number of ether oxygens (including phenoxy) is 1. The number of nitrogens with one attached hydrogen (secondary N) is 2. The number of piperidine rings is 1. The van der Waals surface area contributed by atoms with E-state index >= 15 is 0 Å². The molecule has 0 unspecified atom stereocenters. The fourth-order valence-corrected chi connectivity index (χ4v) is 5.07. The molecule has 7 nitrogen and oxygen atoms in total. The maximum atomic E-state index is 12.6. The monoisotopic (exact) mass is 464 g/mol. The molecule has 2 aromatic carbocycles. The van der Waals surface area contributed by atoms with Gasteiger partial charge in [-0.1, -0.05) is 36.8 Å². The van der Waals surface area contributed by atoms with Gasteiger partial charge < -0.3 is 20.3 Å². The minimum absolute atomic E-state index is 0.0591. The first kappa shape index (κ1) is 24.1. The van der Waals surface area contributed by atoms with Gasteiger partial charge in [-0.2, -0.15) is 0 Å². The second kappa shape index (κ2) is 11.4. The van der Waals surface area contributed by atoms with Gasteiger partial charge in [0.25, 0.3) is 0 Å². The van der Waals surface area contributed by atoms with Crippen molar-refractivity contribution in [3.8, 4) is 5.75 Å². The van der Waals surface area contributed by atoms with Crippen LogP contribution in [-0.2, 0) is 22.6 Å². The van der Waals surface area contributed by atoms with E-state index in [4.69, 9.17) is 4.74 Å². The highest BCUT2D eigenvalue weighted by Crippen LogP contribution is 2.31. The van der Waals surface area contributed by atoms with Crippen molar-refractivity contribution in [2.45, 2.75) is 44.7 Å². The molecule has 4 rings (SSSR count).